The Labute approximate surface area is 126 Å². The molecule has 8 nitrogen and oxygen atoms in total. The lowest BCUT2D eigenvalue weighted by Gasteiger charge is -2.22. The maximum Gasteiger partial charge on any atom is 0.308 e. The highest BCUT2D eigenvalue weighted by Crippen LogP contribution is 2.45. The number of nitro groups is 1. The molecule has 3 atom stereocenters. The lowest BCUT2D eigenvalue weighted by atomic mass is 9.89. The van der Waals surface area contributed by atoms with Crippen molar-refractivity contribution in [1.82, 2.24) is 4.31 Å². The largest absolute Gasteiger partial charge is 0.481 e. The Balaban J connectivity index is 2.05. The van der Waals surface area contributed by atoms with E-state index in [1.165, 1.54) is 22.5 Å². The number of nitro benzene ring substituents is 1. The number of carbonyl (C=O) groups is 1. The fourth-order valence-electron chi connectivity index (χ4n) is 3.52. The van der Waals surface area contributed by atoms with Gasteiger partial charge in [-0.2, -0.15) is 4.31 Å². The second kappa shape index (κ2) is 5.03. The number of sulfonamides is 1. The summed E-state index contributed by atoms with van der Waals surface area (Å²) in [5.41, 5.74) is -0.485. The van der Waals surface area contributed by atoms with E-state index in [9.17, 15) is 28.4 Å². The number of aliphatic carboxylic acids is 1. The van der Waals surface area contributed by atoms with Gasteiger partial charge in [0.15, 0.2) is 4.90 Å². The quantitative estimate of drug-likeness (QED) is 0.656. The van der Waals surface area contributed by atoms with Gasteiger partial charge >= 0.3 is 5.97 Å². The Hall–Kier alpha value is -2.00. The molecule has 9 heteroatoms. The molecule has 0 aliphatic carbocycles. The van der Waals surface area contributed by atoms with E-state index in [0.717, 1.165) is 6.07 Å². The molecule has 1 aromatic rings. The van der Waals surface area contributed by atoms with Crippen LogP contribution in [0.3, 0.4) is 0 Å². The Morgan fingerprint density at radius 1 is 1.32 bits per heavy atom. The maximum absolute atomic E-state index is 12.8. The van der Waals surface area contributed by atoms with E-state index in [-0.39, 0.29) is 11.3 Å². The zero-order chi connectivity index (χ0) is 16.1. The predicted molar refractivity (Wildman–Crippen MR) is 74.7 cm³/mol. The van der Waals surface area contributed by atoms with Crippen molar-refractivity contribution < 1.29 is 23.2 Å². The molecule has 0 radical (unpaired) electrons. The van der Waals surface area contributed by atoms with E-state index in [1.54, 1.807) is 0 Å². The molecule has 2 aliphatic rings. The van der Waals surface area contributed by atoms with Gasteiger partial charge in [-0.1, -0.05) is 12.1 Å². The van der Waals surface area contributed by atoms with Gasteiger partial charge in [-0.15, -0.1) is 0 Å². The summed E-state index contributed by atoms with van der Waals surface area (Å²) in [6.45, 7) is 0. The number of fused-ring (bicyclic) bond motifs is 2. The Kier molecular flexibility index (Phi) is 3.41. The zero-order valence-electron chi connectivity index (χ0n) is 11.5. The standard InChI is InChI=1S/C13H14N2O6S/c16-13(17)9-7-8-5-6-10(9)14(8)22(20,21)12-4-2-1-3-11(12)15(18)19/h1-4,8-10H,5-7H2,(H,16,17). The minimum Gasteiger partial charge on any atom is -0.481 e. The summed E-state index contributed by atoms with van der Waals surface area (Å²) in [6.07, 6.45) is 1.33. The van der Waals surface area contributed by atoms with Crippen LogP contribution < -0.4 is 0 Å². The van der Waals surface area contributed by atoms with Crippen LogP contribution in [0.15, 0.2) is 29.2 Å². The molecule has 118 valence electrons. The number of nitrogens with zero attached hydrogens (tertiary/aromatic N) is 2. The summed E-state index contributed by atoms with van der Waals surface area (Å²) in [7, 11) is -4.09. The van der Waals surface area contributed by atoms with Gasteiger partial charge in [0.25, 0.3) is 5.69 Å². The highest BCUT2D eigenvalue weighted by molar-refractivity contribution is 7.89. The Bertz CT molecular complexity index is 747. The smallest absolute Gasteiger partial charge is 0.308 e. The van der Waals surface area contributed by atoms with Crippen LogP contribution in [0.4, 0.5) is 5.69 Å². The van der Waals surface area contributed by atoms with Gasteiger partial charge in [-0.25, -0.2) is 8.42 Å². The van der Waals surface area contributed by atoms with Gasteiger partial charge in [0, 0.05) is 18.2 Å². The van der Waals surface area contributed by atoms with Gasteiger partial charge in [0.2, 0.25) is 10.0 Å². The van der Waals surface area contributed by atoms with Crippen molar-refractivity contribution in [2.45, 2.75) is 36.2 Å². The van der Waals surface area contributed by atoms with Crippen molar-refractivity contribution in [2.75, 3.05) is 0 Å². The average molecular weight is 326 g/mol. The van der Waals surface area contributed by atoms with Crippen LogP contribution in [0, 0.1) is 16.0 Å². The topological polar surface area (TPSA) is 118 Å². The molecule has 1 N–H and O–H groups in total. The average Bonchev–Trinajstić information content (AvgIpc) is 3.05. The number of rotatable bonds is 4. The van der Waals surface area contributed by atoms with Crippen molar-refractivity contribution in [3.63, 3.8) is 0 Å². The molecule has 3 rings (SSSR count). The zero-order valence-corrected chi connectivity index (χ0v) is 12.3. The number of hydrogen-bond donors (Lipinski definition) is 1. The molecule has 3 unspecified atom stereocenters. The Morgan fingerprint density at radius 2 is 2.00 bits per heavy atom. The fraction of sp³-hybridized carbons (Fsp3) is 0.462. The third kappa shape index (κ3) is 2.08. The van der Waals surface area contributed by atoms with E-state index in [2.05, 4.69) is 0 Å². The van der Waals surface area contributed by atoms with Crippen molar-refractivity contribution in [3.05, 3.63) is 34.4 Å². The summed E-state index contributed by atoms with van der Waals surface area (Å²) in [5, 5.41) is 20.3. The van der Waals surface area contributed by atoms with Crippen molar-refractivity contribution in [2.24, 2.45) is 5.92 Å². The number of carboxylic acids is 1. The number of para-hydroxylation sites is 1. The number of carboxylic acid groups (broad SMARTS) is 1. The van der Waals surface area contributed by atoms with Crippen LogP contribution in [0.25, 0.3) is 0 Å². The minimum absolute atomic E-state index is 0.264. The molecule has 0 spiro atoms. The predicted octanol–water partition coefficient (Wildman–Crippen LogP) is 1.22. The summed E-state index contributed by atoms with van der Waals surface area (Å²) >= 11 is 0. The molecule has 2 fully saturated rings. The summed E-state index contributed by atoms with van der Waals surface area (Å²) in [4.78, 5) is 21.2. The van der Waals surface area contributed by atoms with Crippen molar-refractivity contribution in [1.29, 1.82) is 0 Å². The summed E-state index contributed by atoms with van der Waals surface area (Å²) in [5.74, 6) is -1.76. The van der Waals surface area contributed by atoms with E-state index in [0.29, 0.717) is 12.8 Å². The van der Waals surface area contributed by atoms with Crippen LogP contribution in [0.2, 0.25) is 0 Å². The van der Waals surface area contributed by atoms with E-state index in [1.807, 2.05) is 0 Å². The molecule has 2 heterocycles. The molecular formula is C13H14N2O6S. The fourth-order valence-corrected chi connectivity index (χ4v) is 5.60. The molecule has 0 amide bonds. The number of benzene rings is 1. The first-order valence-corrected chi connectivity index (χ1v) is 8.28. The van der Waals surface area contributed by atoms with Gasteiger partial charge < -0.3 is 5.11 Å². The van der Waals surface area contributed by atoms with Crippen LogP contribution >= 0.6 is 0 Å². The van der Waals surface area contributed by atoms with Gasteiger partial charge in [0.1, 0.15) is 0 Å². The lowest BCUT2D eigenvalue weighted by Crippen LogP contribution is -2.38. The van der Waals surface area contributed by atoms with Crippen molar-refractivity contribution >= 4 is 21.7 Å². The SMILES string of the molecule is O=C(O)C1CC2CCC1N2S(=O)(=O)c1ccccc1[N+](=O)[O-]. The molecule has 0 aromatic heterocycles. The molecule has 2 bridgehead atoms. The molecule has 1 aromatic carbocycles. The van der Waals surface area contributed by atoms with Gasteiger partial charge in [-0.3, -0.25) is 14.9 Å². The second-order valence-corrected chi connectivity index (χ2v) is 7.35. The molecule has 2 aliphatic heterocycles. The monoisotopic (exact) mass is 326 g/mol. The third-order valence-electron chi connectivity index (χ3n) is 4.41. The van der Waals surface area contributed by atoms with Crippen LogP contribution in [0.5, 0.6) is 0 Å². The van der Waals surface area contributed by atoms with Crippen LogP contribution in [-0.4, -0.2) is 40.8 Å². The first-order valence-electron chi connectivity index (χ1n) is 6.84. The van der Waals surface area contributed by atoms with E-state index >= 15 is 0 Å². The van der Waals surface area contributed by atoms with Crippen molar-refractivity contribution in [3.8, 4) is 0 Å². The first kappa shape index (κ1) is 14.9. The molecule has 0 saturated carbocycles. The summed E-state index contributed by atoms with van der Waals surface area (Å²) in [6, 6.07) is 4.14. The lowest BCUT2D eigenvalue weighted by molar-refractivity contribution is -0.387. The van der Waals surface area contributed by atoms with Gasteiger partial charge in [-0.05, 0) is 25.3 Å². The number of hydrogen-bond acceptors (Lipinski definition) is 5. The van der Waals surface area contributed by atoms with Gasteiger partial charge in [0.05, 0.1) is 10.8 Å². The molecule has 2 saturated heterocycles. The minimum atomic E-state index is -4.09. The highest BCUT2D eigenvalue weighted by atomic mass is 32.2. The van der Waals surface area contributed by atoms with E-state index in [4.69, 9.17) is 0 Å². The van der Waals surface area contributed by atoms with E-state index < -0.39 is 44.6 Å². The Morgan fingerprint density at radius 3 is 2.59 bits per heavy atom. The third-order valence-corrected chi connectivity index (χ3v) is 6.43. The highest BCUT2D eigenvalue weighted by Gasteiger charge is 2.55. The maximum atomic E-state index is 12.8. The van der Waals surface area contributed by atoms with Crippen LogP contribution in [0.1, 0.15) is 19.3 Å². The molecule has 22 heavy (non-hydrogen) atoms. The second-order valence-electron chi connectivity index (χ2n) is 5.54. The normalized spacial score (nSPS) is 27.9. The summed E-state index contributed by atoms with van der Waals surface area (Å²) < 4.78 is 26.8. The first-order chi connectivity index (χ1) is 10.3. The van der Waals surface area contributed by atoms with Crippen LogP contribution in [-0.2, 0) is 14.8 Å². The molecular weight excluding hydrogens is 312 g/mol.